The Hall–Kier alpha value is -2.30. The van der Waals surface area contributed by atoms with E-state index >= 15 is 0 Å². The van der Waals surface area contributed by atoms with Crippen molar-refractivity contribution in [2.24, 2.45) is 0 Å². The molecule has 1 aromatic heterocycles. The molecule has 5 nitrogen and oxygen atoms in total. The van der Waals surface area contributed by atoms with Gasteiger partial charge in [-0.15, -0.1) is 0 Å². The summed E-state index contributed by atoms with van der Waals surface area (Å²) in [6.45, 7) is 5.15. The van der Waals surface area contributed by atoms with E-state index in [2.05, 4.69) is 5.10 Å². The maximum Gasteiger partial charge on any atom is 0.299 e. The quantitative estimate of drug-likeness (QED) is 0.748. The maximum atomic E-state index is 10.6. The van der Waals surface area contributed by atoms with E-state index in [9.17, 15) is 4.79 Å². The maximum absolute atomic E-state index is 10.6. The zero-order valence-electron chi connectivity index (χ0n) is 11.0. The van der Waals surface area contributed by atoms with Gasteiger partial charge in [0.1, 0.15) is 12.3 Å². The van der Waals surface area contributed by atoms with Crippen LogP contribution >= 0.6 is 0 Å². The summed E-state index contributed by atoms with van der Waals surface area (Å²) < 4.78 is 12.3. The van der Waals surface area contributed by atoms with Gasteiger partial charge in [0.2, 0.25) is 5.75 Å². The Bertz CT molecular complexity index is 549. The summed E-state index contributed by atoms with van der Waals surface area (Å²) in [5.41, 5.74) is 1.75. The Morgan fingerprint density at radius 1 is 1.32 bits per heavy atom. The van der Waals surface area contributed by atoms with E-state index in [0.717, 1.165) is 5.56 Å². The molecule has 5 heteroatoms. The highest BCUT2D eigenvalue weighted by atomic mass is 16.6. The van der Waals surface area contributed by atoms with Crippen LogP contribution in [-0.2, 0) is 17.9 Å². The molecule has 19 heavy (non-hydrogen) atoms. The molecule has 2 rings (SSSR count). The number of aromatic nitrogens is 2. The second-order valence-corrected chi connectivity index (χ2v) is 4.02. The van der Waals surface area contributed by atoms with E-state index in [4.69, 9.17) is 9.47 Å². The third-order valence-corrected chi connectivity index (χ3v) is 2.71. The Balaban J connectivity index is 2.19. The van der Waals surface area contributed by atoms with Crippen LogP contribution < -0.4 is 9.47 Å². The third kappa shape index (κ3) is 2.93. The first-order valence-electron chi connectivity index (χ1n) is 6.10. The summed E-state index contributed by atoms with van der Waals surface area (Å²) >= 11 is 0. The fourth-order valence-corrected chi connectivity index (χ4v) is 1.81. The van der Waals surface area contributed by atoms with Crippen LogP contribution in [0.3, 0.4) is 0 Å². The second kappa shape index (κ2) is 6.04. The van der Waals surface area contributed by atoms with Crippen LogP contribution in [0.25, 0.3) is 0 Å². The predicted molar refractivity (Wildman–Crippen MR) is 70.1 cm³/mol. The summed E-state index contributed by atoms with van der Waals surface area (Å²) in [6, 6.07) is 9.79. The van der Waals surface area contributed by atoms with Crippen LogP contribution in [0.4, 0.5) is 0 Å². The number of hydrogen-bond acceptors (Lipinski definition) is 4. The lowest BCUT2D eigenvalue weighted by Crippen LogP contribution is -2.03. The average Bonchev–Trinajstić information content (AvgIpc) is 2.74. The van der Waals surface area contributed by atoms with E-state index in [1.807, 2.05) is 44.2 Å². The molecule has 0 saturated heterocycles. The molecule has 0 amide bonds. The highest BCUT2D eigenvalue weighted by Gasteiger charge is 2.17. The second-order valence-electron chi connectivity index (χ2n) is 4.02. The van der Waals surface area contributed by atoms with E-state index in [0.29, 0.717) is 36.9 Å². The number of ether oxygens (including phenoxy) is 2. The Morgan fingerprint density at radius 3 is 2.68 bits per heavy atom. The molecule has 0 saturated carbocycles. The molecule has 0 fully saturated rings. The smallest absolute Gasteiger partial charge is 0.299 e. The van der Waals surface area contributed by atoms with Crippen molar-refractivity contribution in [3.8, 4) is 11.6 Å². The topological polar surface area (TPSA) is 53.4 Å². The van der Waals surface area contributed by atoms with Gasteiger partial charge in [0.15, 0.2) is 0 Å². The van der Waals surface area contributed by atoms with Gasteiger partial charge in [0.05, 0.1) is 0 Å². The predicted octanol–water partition coefficient (Wildman–Crippen LogP) is 2.33. The highest BCUT2D eigenvalue weighted by Crippen LogP contribution is 2.31. The van der Waals surface area contributed by atoms with Gasteiger partial charge in [0, 0.05) is 6.54 Å². The van der Waals surface area contributed by atoms with Crippen LogP contribution in [0.15, 0.2) is 30.3 Å². The fourth-order valence-electron chi connectivity index (χ4n) is 1.81. The largest absolute Gasteiger partial charge is 0.482 e. The van der Waals surface area contributed by atoms with Gasteiger partial charge in [-0.25, -0.2) is 4.68 Å². The zero-order valence-corrected chi connectivity index (χ0v) is 11.0. The molecule has 0 bridgehead atoms. The lowest BCUT2D eigenvalue weighted by molar-refractivity contribution is -0.121. The van der Waals surface area contributed by atoms with E-state index < -0.39 is 0 Å². The number of carbonyl (C=O) groups is 1. The molecule has 100 valence electrons. The van der Waals surface area contributed by atoms with Gasteiger partial charge in [-0.2, -0.15) is 5.10 Å². The first kappa shape index (κ1) is 13.1. The number of aryl methyl sites for hydroxylation is 2. The minimum absolute atomic E-state index is 0.353. The molecular weight excluding hydrogens is 244 g/mol. The van der Waals surface area contributed by atoms with Gasteiger partial charge in [-0.3, -0.25) is 4.79 Å². The molecule has 0 spiro atoms. The molecular formula is C14H16N2O3. The standard InChI is InChI=1S/C14H16N2O3/c1-3-16-14(19-10-17)13(11(2)15-16)18-9-12-7-5-4-6-8-12/h4-8,10H,3,9H2,1-2H3. The molecule has 2 aromatic rings. The number of benzene rings is 1. The van der Waals surface area contributed by atoms with Crippen molar-refractivity contribution < 1.29 is 14.3 Å². The van der Waals surface area contributed by atoms with Crippen LogP contribution in [0.1, 0.15) is 18.2 Å². The SMILES string of the molecule is CCn1nc(C)c(OCc2ccccc2)c1OC=O. The molecule has 0 atom stereocenters. The first-order valence-corrected chi connectivity index (χ1v) is 6.10. The summed E-state index contributed by atoms with van der Waals surface area (Å²) in [7, 11) is 0. The first-order chi connectivity index (χ1) is 9.26. The van der Waals surface area contributed by atoms with E-state index in [-0.39, 0.29) is 0 Å². The lowest BCUT2D eigenvalue weighted by atomic mass is 10.2. The third-order valence-electron chi connectivity index (χ3n) is 2.71. The van der Waals surface area contributed by atoms with Gasteiger partial charge in [-0.1, -0.05) is 30.3 Å². The fraction of sp³-hybridized carbons (Fsp3) is 0.286. The number of nitrogens with zero attached hydrogens (tertiary/aromatic N) is 2. The Labute approximate surface area is 111 Å². The van der Waals surface area contributed by atoms with Crippen molar-refractivity contribution in [3.63, 3.8) is 0 Å². The van der Waals surface area contributed by atoms with Crippen molar-refractivity contribution in [1.29, 1.82) is 0 Å². The van der Waals surface area contributed by atoms with Gasteiger partial charge < -0.3 is 9.47 Å². The summed E-state index contributed by atoms with van der Waals surface area (Å²) in [6.07, 6.45) is 0. The molecule has 0 aliphatic heterocycles. The molecule has 0 N–H and O–H groups in total. The van der Waals surface area contributed by atoms with Crippen molar-refractivity contribution in [3.05, 3.63) is 41.6 Å². The van der Waals surface area contributed by atoms with E-state index in [1.165, 1.54) is 0 Å². The summed E-state index contributed by atoms with van der Waals surface area (Å²) in [5, 5.41) is 4.27. The van der Waals surface area contributed by atoms with Crippen LogP contribution in [0, 0.1) is 6.92 Å². The van der Waals surface area contributed by atoms with Crippen molar-refractivity contribution in [2.75, 3.05) is 0 Å². The summed E-state index contributed by atoms with van der Waals surface area (Å²) in [5.74, 6) is 0.865. The molecule has 0 radical (unpaired) electrons. The highest BCUT2D eigenvalue weighted by molar-refractivity contribution is 5.49. The van der Waals surface area contributed by atoms with Gasteiger partial charge in [-0.05, 0) is 19.4 Å². The lowest BCUT2D eigenvalue weighted by Gasteiger charge is -2.07. The minimum Gasteiger partial charge on any atom is -0.482 e. The van der Waals surface area contributed by atoms with Crippen molar-refractivity contribution in [2.45, 2.75) is 27.0 Å². The number of hydrogen-bond donors (Lipinski definition) is 0. The number of rotatable bonds is 6. The molecule has 0 aliphatic rings. The molecule has 1 heterocycles. The molecule has 0 aliphatic carbocycles. The van der Waals surface area contributed by atoms with Gasteiger partial charge in [0.25, 0.3) is 12.4 Å². The minimum atomic E-state index is 0.353. The molecule has 1 aromatic carbocycles. The van der Waals surface area contributed by atoms with Crippen molar-refractivity contribution in [1.82, 2.24) is 9.78 Å². The van der Waals surface area contributed by atoms with E-state index in [1.54, 1.807) is 4.68 Å². The zero-order chi connectivity index (χ0) is 13.7. The Morgan fingerprint density at radius 2 is 2.05 bits per heavy atom. The van der Waals surface area contributed by atoms with Crippen LogP contribution in [0.2, 0.25) is 0 Å². The van der Waals surface area contributed by atoms with Crippen LogP contribution in [0.5, 0.6) is 11.6 Å². The Kier molecular flexibility index (Phi) is 4.18. The van der Waals surface area contributed by atoms with Crippen molar-refractivity contribution >= 4 is 6.47 Å². The average molecular weight is 260 g/mol. The number of carbonyl (C=O) groups excluding carboxylic acids is 1. The monoisotopic (exact) mass is 260 g/mol. The van der Waals surface area contributed by atoms with Gasteiger partial charge >= 0.3 is 0 Å². The van der Waals surface area contributed by atoms with Crippen LogP contribution in [-0.4, -0.2) is 16.3 Å². The molecule has 0 unspecified atom stereocenters. The summed E-state index contributed by atoms with van der Waals surface area (Å²) in [4.78, 5) is 10.6. The normalized spacial score (nSPS) is 10.2.